The molecule has 0 amide bonds. The number of anilines is 1. The summed E-state index contributed by atoms with van der Waals surface area (Å²) in [6.45, 7) is 1.99. The molecular weight excluding hydrogens is 260 g/mol. The SMILES string of the molecule is COc1ccc(NC(=S)N[C@@H](C)c2ccco2)cc1. The van der Waals surface area contributed by atoms with Crippen LogP contribution in [0.1, 0.15) is 18.7 Å². The fourth-order valence-electron chi connectivity index (χ4n) is 1.65. The molecule has 0 spiro atoms. The Morgan fingerprint density at radius 3 is 2.58 bits per heavy atom. The summed E-state index contributed by atoms with van der Waals surface area (Å²) in [5, 5.41) is 6.81. The van der Waals surface area contributed by atoms with Crippen LogP contribution >= 0.6 is 12.2 Å². The zero-order chi connectivity index (χ0) is 13.7. The number of hydrogen-bond acceptors (Lipinski definition) is 3. The van der Waals surface area contributed by atoms with Gasteiger partial charge in [0.05, 0.1) is 19.4 Å². The van der Waals surface area contributed by atoms with Gasteiger partial charge in [-0.2, -0.15) is 0 Å². The Hall–Kier alpha value is -2.01. The van der Waals surface area contributed by atoms with Crippen molar-refractivity contribution in [3.63, 3.8) is 0 Å². The van der Waals surface area contributed by atoms with Gasteiger partial charge in [0, 0.05) is 5.69 Å². The predicted molar refractivity (Wildman–Crippen MR) is 79.5 cm³/mol. The third kappa shape index (κ3) is 3.72. The zero-order valence-electron chi connectivity index (χ0n) is 10.8. The average Bonchev–Trinajstić information content (AvgIpc) is 2.93. The predicted octanol–water partition coefficient (Wildman–Crippen LogP) is 3.34. The smallest absolute Gasteiger partial charge is 0.171 e. The van der Waals surface area contributed by atoms with Crippen molar-refractivity contribution in [1.29, 1.82) is 0 Å². The van der Waals surface area contributed by atoms with E-state index in [1.165, 1.54) is 0 Å². The van der Waals surface area contributed by atoms with E-state index < -0.39 is 0 Å². The van der Waals surface area contributed by atoms with Crippen LogP contribution in [0.15, 0.2) is 47.1 Å². The van der Waals surface area contributed by atoms with Gasteiger partial charge in [-0.1, -0.05) is 0 Å². The summed E-state index contributed by atoms with van der Waals surface area (Å²) < 4.78 is 10.4. The van der Waals surface area contributed by atoms with Crippen molar-refractivity contribution in [3.05, 3.63) is 48.4 Å². The number of benzene rings is 1. The summed E-state index contributed by atoms with van der Waals surface area (Å²) in [7, 11) is 1.64. The molecule has 1 atom stereocenters. The summed E-state index contributed by atoms with van der Waals surface area (Å²) in [5.74, 6) is 1.66. The van der Waals surface area contributed by atoms with Gasteiger partial charge in [-0.15, -0.1) is 0 Å². The van der Waals surface area contributed by atoms with E-state index in [4.69, 9.17) is 21.4 Å². The van der Waals surface area contributed by atoms with E-state index in [0.29, 0.717) is 5.11 Å². The molecule has 0 bridgehead atoms. The van der Waals surface area contributed by atoms with Crippen LogP contribution in [0.3, 0.4) is 0 Å². The van der Waals surface area contributed by atoms with Crippen molar-refractivity contribution in [2.24, 2.45) is 0 Å². The minimum absolute atomic E-state index is 0.0215. The molecule has 2 N–H and O–H groups in total. The van der Waals surface area contributed by atoms with Crippen molar-refractivity contribution >= 4 is 23.0 Å². The lowest BCUT2D eigenvalue weighted by Crippen LogP contribution is -2.30. The van der Waals surface area contributed by atoms with Gasteiger partial charge >= 0.3 is 0 Å². The van der Waals surface area contributed by atoms with E-state index in [0.717, 1.165) is 17.2 Å². The molecule has 1 aromatic heterocycles. The topological polar surface area (TPSA) is 46.4 Å². The van der Waals surface area contributed by atoms with E-state index in [9.17, 15) is 0 Å². The largest absolute Gasteiger partial charge is 0.497 e. The van der Waals surface area contributed by atoms with Gasteiger partial charge in [0.15, 0.2) is 5.11 Å². The van der Waals surface area contributed by atoms with Crippen LogP contribution in [0, 0.1) is 0 Å². The molecular formula is C14H16N2O2S. The van der Waals surface area contributed by atoms with Crippen LogP contribution in [0.25, 0.3) is 0 Å². The van der Waals surface area contributed by atoms with E-state index >= 15 is 0 Å². The van der Waals surface area contributed by atoms with E-state index in [-0.39, 0.29) is 6.04 Å². The minimum atomic E-state index is 0.0215. The Labute approximate surface area is 117 Å². The highest BCUT2D eigenvalue weighted by atomic mass is 32.1. The molecule has 100 valence electrons. The van der Waals surface area contributed by atoms with Crippen molar-refractivity contribution in [3.8, 4) is 5.75 Å². The van der Waals surface area contributed by atoms with Gasteiger partial charge in [-0.05, 0) is 55.5 Å². The third-order valence-corrected chi connectivity index (χ3v) is 2.89. The normalized spacial score (nSPS) is 11.7. The Kier molecular flexibility index (Phi) is 4.41. The maximum absolute atomic E-state index is 5.31. The number of ether oxygens (including phenoxy) is 1. The van der Waals surface area contributed by atoms with Crippen LogP contribution in [0.5, 0.6) is 5.75 Å². The van der Waals surface area contributed by atoms with Gasteiger partial charge in [-0.25, -0.2) is 0 Å². The first-order valence-electron chi connectivity index (χ1n) is 5.94. The van der Waals surface area contributed by atoms with Gasteiger partial charge in [0.2, 0.25) is 0 Å². The molecule has 0 aliphatic carbocycles. The van der Waals surface area contributed by atoms with Gasteiger partial charge < -0.3 is 19.8 Å². The molecule has 5 heteroatoms. The van der Waals surface area contributed by atoms with Gasteiger partial charge in [-0.3, -0.25) is 0 Å². The van der Waals surface area contributed by atoms with E-state index in [1.807, 2.05) is 43.3 Å². The Balaban J connectivity index is 1.90. The van der Waals surface area contributed by atoms with Crippen molar-refractivity contribution in [1.82, 2.24) is 5.32 Å². The lowest BCUT2D eigenvalue weighted by atomic mass is 10.2. The van der Waals surface area contributed by atoms with Crippen LogP contribution in [0.2, 0.25) is 0 Å². The summed E-state index contributed by atoms with van der Waals surface area (Å²) in [6.07, 6.45) is 1.65. The Morgan fingerprint density at radius 2 is 2.00 bits per heavy atom. The standard InChI is InChI=1S/C14H16N2O2S/c1-10(13-4-3-9-18-13)15-14(19)16-11-5-7-12(17-2)8-6-11/h3-10H,1-2H3,(H2,15,16,19)/t10-/m0/s1. The fraction of sp³-hybridized carbons (Fsp3) is 0.214. The average molecular weight is 276 g/mol. The first-order chi connectivity index (χ1) is 9.19. The number of nitrogens with one attached hydrogen (secondary N) is 2. The van der Waals surface area contributed by atoms with E-state index in [2.05, 4.69) is 10.6 Å². The molecule has 0 unspecified atom stereocenters. The molecule has 19 heavy (non-hydrogen) atoms. The fourth-order valence-corrected chi connectivity index (χ4v) is 1.94. The lowest BCUT2D eigenvalue weighted by Gasteiger charge is -2.15. The molecule has 1 heterocycles. The molecule has 0 fully saturated rings. The highest BCUT2D eigenvalue weighted by Crippen LogP contribution is 2.16. The van der Waals surface area contributed by atoms with Gasteiger partial charge in [0.25, 0.3) is 0 Å². The first kappa shape index (κ1) is 13.4. The number of thiocarbonyl (C=S) groups is 1. The molecule has 4 nitrogen and oxygen atoms in total. The highest BCUT2D eigenvalue weighted by molar-refractivity contribution is 7.80. The number of rotatable bonds is 4. The third-order valence-electron chi connectivity index (χ3n) is 2.67. The molecule has 0 aliphatic heterocycles. The highest BCUT2D eigenvalue weighted by Gasteiger charge is 2.09. The van der Waals surface area contributed by atoms with Gasteiger partial charge in [0.1, 0.15) is 11.5 Å². The Morgan fingerprint density at radius 1 is 1.26 bits per heavy atom. The molecule has 0 aliphatic rings. The molecule has 2 aromatic rings. The molecule has 2 rings (SSSR count). The second-order valence-corrected chi connectivity index (χ2v) is 4.47. The van der Waals surface area contributed by atoms with Crippen LogP contribution < -0.4 is 15.4 Å². The first-order valence-corrected chi connectivity index (χ1v) is 6.35. The molecule has 0 saturated heterocycles. The number of hydrogen-bond donors (Lipinski definition) is 2. The summed E-state index contributed by atoms with van der Waals surface area (Å²) >= 11 is 5.25. The number of methoxy groups -OCH3 is 1. The number of furan rings is 1. The van der Waals surface area contributed by atoms with Crippen LogP contribution in [-0.4, -0.2) is 12.2 Å². The molecule has 1 aromatic carbocycles. The molecule has 0 radical (unpaired) electrons. The maximum atomic E-state index is 5.31. The van der Waals surface area contributed by atoms with Crippen molar-refractivity contribution in [2.45, 2.75) is 13.0 Å². The Bertz CT molecular complexity index is 523. The quantitative estimate of drug-likeness (QED) is 0.839. The van der Waals surface area contributed by atoms with Crippen LogP contribution in [0.4, 0.5) is 5.69 Å². The minimum Gasteiger partial charge on any atom is -0.497 e. The van der Waals surface area contributed by atoms with Crippen molar-refractivity contribution in [2.75, 3.05) is 12.4 Å². The lowest BCUT2D eigenvalue weighted by molar-refractivity contribution is 0.415. The second kappa shape index (κ2) is 6.24. The zero-order valence-corrected chi connectivity index (χ0v) is 11.7. The maximum Gasteiger partial charge on any atom is 0.171 e. The van der Waals surface area contributed by atoms with Crippen molar-refractivity contribution < 1.29 is 9.15 Å². The molecule has 0 saturated carbocycles. The summed E-state index contributed by atoms with van der Waals surface area (Å²) in [4.78, 5) is 0. The summed E-state index contributed by atoms with van der Waals surface area (Å²) in [6, 6.07) is 11.4. The summed E-state index contributed by atoms with van der Waals surface area (Å²) in [5.41, 5.74) is 0.907. The monoisotopic (exact) mass is 276 g/mol. The van der Waals surface area contributed by atoms with E-state index in [1.54, 1.807) is 13.4 Å². The second-order valence-electron chi connectivity index (χ2n) is 4.06. The van der Waals surface area contributed by atoms with Crippen LogP contribution in [-0.2, 0) is 0 Å².